The molecule has 4 rings (SSSR count). The SMILES string of the molecule is O=C(O)CC1(C(=O)NCc2nc3ccccc3[nH]2)Cc2ccccc2C1. The van der Waals surface area contributed by atoms with E-state index >= 15 is 0 Å². The lowest BCUT2D eigenvalue weighted by molar-refractivity contribution is -0.145. The number of amides is 1. The fourth-order valence-corrected chi connectivity index (χ4v) is 3.79. The summed E-state index contributed by atoms with van der Waals surface area (Å²) in [5, 5.41) is 12.2. The summed E-state index contributed by atoms with van der Waals surface area (Å²) in [7, 11) is 0. The molecule has 1 aliphatic rings. The van der Waals surface area contributed by atoms with Crippen molar-refractivity contribution in [3.63, 3.8) is 0 Å². The van der Waals surface area contributed by atoms with Crippen LogP contribution in [0.2, 0.25) is 0 Å². The lowest BCUT2D eigenvalue weighted by Crippen LogP contribution is -2.43. The molecule has 0 saturated carbocycles. The first-order valence-corrected chi connectivity index (χ1v) is 8.56. The van der Waals surface area contributed by atoms with Gasteiger partial charge in [-0.05, 0) is 36.1 Å². The van der Waals surface area contributed by atoms with E-state index in [4.69, 9.17) is 0 Å². The average Bonchev–Trinajstić information content (AvgIpc) is 3.19. The van der Waals surface area contributed by atoms with Crippen molar-refractivity contribution in [3.05, 3.63) is 65.5 Å². The fourth-order valence-electron chi connectivity index (χ4n) is 3.79. The zero-order chi connectivity index (χ0) is 18.1. The molecule has 3 aromatic rings. The molecule has 0 atom stereocenters. The number of nitrogens with zero attached hydrogens (tertiary/aromatic N) is 1. The molecule has 1 aliphatic carbocycles. The summed E-state index contributed by atoms with van der Waals surface area (Å²) in [5.74, 6) is -0.547. The summed E-state index contributed by atoms with van der Waals surface area (Å²) < 4.78 is 0. The van der Waals surface area contributed by atoms with Gasteiger partial charge in [0.25, 0.3) is 0 Å². The van der Waals surface area contributed by atoms with E-state index in [-0.39, 0.29) is 18.9 Å². The van der Waals surface area contributed by atoms with E-state index in [9.17, 15) is 14.7 Å². The summed E-state index contributed by atoms with van der Waals surface area (Å²) in [6.45, 7) is 0.241. The van der Waals surface area contributed by atoms with Gasteiger partial charge in [0.2, 0.25) is 5.91 Å². The lowest BCUT2D eigenvalue weighted by Gasteiger charge is -2.25. The highest BCUT2D eigenvalue weighted by Gasteiger charge is 2.45. The maximum atomic E-state index is 12.9. The molecule has 1 aromatic heterocycles. The van der Waals surface area contributed by atoms with Crippen LogP contribution in [0.1, 0.15) is 23.4 Å². The summed E-state index contributed by atoms with van der Waals surface area (Å²) in [6.07, 6.45) is 0.705. The number of para-hydroxylation sites is 2. The molecule has 0 fully saturated rings. The standard InChI is InChI=1S/C20H19N3O3/c24-18(25)11-20(9-13-5-1-2-6-14(13)10-20)19(26)21-12-17-22-15-7-3-4-8-16(15)23-17/h1-8H,9-12H2,(H,21,26)(H,22,23)(H,24,25). The number of aromatic nitrogens is 2. The molecular weight excluding hydrogens is 330 g/mol. The van der Waals surface area contributed by atoms with Gasteiger partial charge in [-0.3, -0.25) is 9.59 Å². The molecule has 1 heterocycles. The van der Waals surface area contributed by atoms with Crippen LogP contribution in [-0.2, 0) is 29.0 Å². The van der Waals surface area contributed by atoms with Gasteiger partial charge in [-0.15, -0.1) is 0 Å². The molecule has 132 valence electrons. The zero-order valence-electron chi connectivity index (χ0n) is 14.2. The molecule has 26 heavy (non-hydrogen) atoms. The first kappa shape index (κ1) is 16.3. The predicted octanol–water partition coefficient (Wildman–Crippen LogP) is 2.44. The number of carboxylic acids is 1. The Kier molecular flexibility index (Phi) is 3.95. The average molecular weight is 349 g/mol. The molecule has 0 aliphatic heterocycles. The van der Waals surface area contributed by atoms with Crippen LogP contribution in [0.25, 0.3) is 11.0 Å². The number of hydrogen-bond acceptors (Lipinski definition) is 3. The third-order valence-electron chi connectivity index (χ3n) is 5.00. The molecule has 0 radical (unpaired) electrons. The van der Waals surface area contributed by atoms with E-state index in [1.165, 1.54) is 0 Å². The van der Waals surface area contributed by atoms with E-state index in [1.807, 2.05) is 48.5 Å². The summed E-state index contributed by atoms with van der Waals surface area (Å²) >= 11 is 0. The van der Waals surface area contributed by atoms with Gasteiger partial charge in [0.05, 0.1) is 29.4 Å². The topological polar surface area (TPSA) is 95.1 Å². The maximum Gasteiger partial charge on any atom is 0.304 e. The summed E-state index contributed by atoms with van der Waals surface area (Å²) in [5.41, 5.74) is 2.90. The van der Waals surface area contributed by atoms with Crippen LogP contribution in [0.15, 0.2) is 48.5 Å². The molecular formula is C20H19N3O3. The Balaban J connectivity index is 1.53. The van der Waals surface area contributed by atoms with Crippen LogP contribution in [0.5, 0.6) is 0 Å². The highest BCUT2D eigenvalue weighted by atomic mass is 16.4. The highest BCUT2D eigenvalue weighted by Crippen LogP contribution is 2.40. The predicted molar refractivity (Wildman–Crippen MR) is 96.5 cm³/mol. The molecule has 2 aromatic carbocycles. The Bertz CT molecular complexity index is 935. The van der Waals surface area contributed by atoms with E-state index in [0.29, 0.717) is 18.7 Å². The second-order valence-electron chi connectivity index (χ2n) is 6.86. The molecule has 0 bridgehead atoms. The Labute approximate surface area is 150 Å². The minimum absolute atomic E-state index is 0.187. The minimum atomic E-state index is -0.961. The van der Waals surface area contributed by atoms with E-state index in [2.05, 4.69) is 15.3 Å². The number of hydrogen-bond donors (Lipinski definition) is 3. The number of H-pyrrole nitrogens is 1. The number of imidazole rings is 1. The lowest BCUT2D eigenvalue weighted by atomic mass is 9.80. The molecule has 6 nitrogen and oxygen atoms in total. The number of fused-ring (bicyclic) bond motifs is 2. The van der Waals surface area contributed by atoms with Crippen molar-refractivity contribution in [2.45, 2.75) is 25.8 Å². The van der Waals surface area contributed by atoms with E-state index in [1.54, 1.807) is 0 Å². The second-order valence-corrected chi connectivity index (χ2v) is 6.86. The third kappa shape index (κ3) is 2.94. The second kappa shape index (κ2) is 6.29. The molecule has 3 N–H and O–H groups in total. The molecule has 0 unspecified atom stereocenters. The maximum absolute atomic E-state index is 12.9. The Morgan fingerprint density at radius 3 is 2.38 bits per heavy atom. The number of aliphatic carboxylic acids is 1. The van der Waals surface area contributed by atoms with Crippen molar-refractivity contribution in [1.82, 2.24) is 15.3 Å². The summed E-state index contributed by atoms with van der Waals surface area (Å²) in [6, 6.07) is 15.4. The van der Waals surface area contributed by atoms with Crippen LogP contribution in [0, 0.1) is 5.41 Å². The Morgan fingerprint density at radius 1 is 1.08 bits per heavy atom. The van der Waals surface area contributed by atoms with Gasteiger partial charge in [-0.1, -0.05) is 36.4 Å². The monoisotopic (exact) mass is 349 g/mol. The van der Waals surface area contributed by atoms with E-state index in [0.717, 1.165) is 22.2 Å². The number of rotatable bonds is 5. The smallest absolute Gasteiger partial charge is 0.304 e. The highest BCUT2D eigenvalue weighted by molar-refractivity contribution is 5.88. The molecule has 0 spiro atoms. The normalized spacial score (nSPS) is 14.9. The first-order valence-electron chi connectivity index (χ1n) is 8.56. The van der Waals surface area contributed by atoms with Gasteiger partial charge >= 0.3 is 5.97 Å². The largest absolute Gasteiger partial charge is 0.481 e. The molecule has 0 saturated heterocycles. The van der Waals surface area contributed by atoms with Crippen molar-refractivity contribution >= 4 is 22.9 Å². The molecule has 1 amide bonds. The quantitative estimate of drug-likeness (QED) is 0.659. The number of aromatic amines is 1. The fraction of sp³-hybridized carbons (Fsp3) is 0.250. The van der Waals surface area contributed by atoms with Gasteiger partial charge < -0.3 is 15.4 Å². The van der Waals surface area contributed by atoms with Gasteiger partial charge in [-0.25, -0.2) is 4.98 Å². The zero-order valence-corrected chi connectivity index (χ0v) is 14.2. The van der Waals surface area contributed by atoms with Crippen LogP contribution in [0.3, 0.4) is 0 Å². The van der Waals surface area contributed by atoms with Gasteiger partial charge in [-0.2, -0.15) is 0 Å². The third-order valence-corrected chi connectivity index (χ3v) is 5.00. The minimum Gasteiger partial charge on any atom is -0.481 e. The van der Waals surface area contributed by atoms with Crippen LogP contribution < -0.4 is 5.32 Å². The Hall–Kier alpha value is -3.15. The molecule has 6 heteroatoms. The van der Waals surface area contributed by atoms with Crippen molar-refractivity contribution in [1.29, 1.82) is 0 Å². The van der Waals surface area contributed by atoms with Crippen molar-refractivity contribution in [2.24, 2.45) is 5.41 Å². The van der Waals surface area contributed by atoms with Gasteiger partial charge in [0.1, 0.15) is 5.82 Å². The number of benzene rings is 2. The van der Waals surface area contributed by atoms with Crippen molar-refractivity contribution < 1.29 is 14.7 Å². The van der Waals surface area contributed by atoms with Gasteiger partial charge in [0, 0.05) is 0 Å². The van der Waals surface area contributed by atoms with Crippen molar-refractivity contribution in [3.8, 4) is 0 Å². The number of carboxylic acid groups (broad SMARTS) is 1. The Morgan fingerprint density at radius 2 is 1.73 bits per heavy atom. The number of carbonyl (C=O) groups excluding carboxylic acids is 1. The number of nitrogens with one attached hydrogen (secondary N) is 2. The van der Waals surface area contributed by atoms with Crippen LogP contribution >= 0.6 is 0 Å². The van der Waals surface area contributed by atoms with E-state index < -0.39 is 11.4 Å². The van der Waals surface area contributed by atoms with Crippen molar-refractivity contribution in [2.75, 3.05) is 0 Å². The summed E-state index contributed by atoms with van der Waals surface area (Å²) in [4.78, 5) is 32.0. The van der Waals surface area contributed by atoms with Crippen LogP contribution in [0.4, 0.5) is 0 Å². The first-order chi connectivity index (χ1) is 12.6. The van der Waals surface area contributed by atoms with Crippen LogP contribution in [-0.4, -0.2) is 27.0 Å². The van der Waals surface area contributed by atoms with Gasteiger partial charge in [0.15, 0.2) is 0 Å². The number of carbonyl (C=O) groups is 2.